The lowest BCUT2D eigenvalue weighted by molar-refractivity contribution is 0.509. The third-order valence-corrected chi connectivity index (χ3v) is 2.91. The number of halogens is 1. The summed E-state index contributed by atoms with van der Waals surface area (Å²) in [5.41, 5.74) is 5.54. The van der Waals surface area contributed by atoms with E-state index in [1.165, 1.54) is 0 Å². The molecule has 0 saturated heterocycles. The van der Waals surface area contributed by atoms with E-state index < -0.39 is 0 Å². The highest BCUT2D eigenvalue weighted by molar-refractivity contribution is 9.10. The Morgan fingerprint density at radius 2 is 2.20 bits per heavy atom. The molecule has 4 nitrogen and oxygen atoms in total. The number of rotatable bonds is 4. The van der Waals surface area contributed by atoms with Gasteiger partial charge in [-0.1, -0.05) is 20.8 Å². The smallest absolute Gasteiger partial charge is 0.221 e. The summed E-state index contributed by atoms with van der Waals surface area (Å²) < 4.78 is 0.843. The van der Waals surface area contributed by atoms with E-state index in [0.29, 0.717) is 17.9 Å². The molecule has 0 spiro atoms. The summed E-state index contributed by atoms with van der Waals surface area (Å²) >= 11 is 3.39. The second-order valence-corrected chi connectivity index (χ2v) is 4.68. The van der Waals surface area contributed by atoms with E-state index in [-0.39, 0.29) is 0 Å². The van der Waals surface area contributed by atoms with Crippen molar-refractivity contribution in [3.8, 4) is 0 Å². The van der Waals surface area contributed by atoms with Crippen molar-refractivity contribution in [3.63, 3.8) is 0 Å². The van der Waals surface area contributed by atoms with Crippen LogP contribution in [0.15, 0.2) is 10.7 Å². The van der Waals surface area contributed by atoms with Gasteiger partial charge in [0.15, 0.2) is 0 Å². The zero-order valence-electron chi connectivity index (χ0n) is 9.29. The third-order valence-electron chi connectivity index (χ3n) is 2.33. The van der Waals surface area contributed by atoms with Gasteiger partial charge in [0.2, 0.25) is 5.95 Å². The molecule has 1 rings (SSSR count). The van der Waals surface area contributed by atoms with E-state index in [9.17, 15) is 0 Å². The van der Waals surface area contributed by atoms with Crippen LogP contribution in [0.1, 0.15) is 27.2 Å². The first-order chi connectivity index (χ1) is 7.04. The number of nitrogen functional groups attached to an aromatic ring is 1. The Morgan fingerprint density at radius 1 is 1.53 bits per heavy atom. The van der Waals surface area contributed by atoms with Crippen LogP contribution in [0.25, 0.3) is 0 Å². The molecule has 0 bridgehead atoms. The number of hydrogen-bond acceptors (Lipinski definition) is 4. The van der Waals surface area contributed by atoms with Crippen molar-refractivity contribution in [2.75, 3.05) is 11.1 Å². The van der Waals surface area contributed by atoms with Gasteiger partial charge in [0.25, 0.3) is 0 Å². The summed E-state index contributed by atoms with van der Waals surface area (Å²) in [6.07, 6.45) is 2.71. The van der Waals surface area contributed by atoms with Crippen molar-refractivity contribution in [3.05, 3.63) is 10.7 Å². The maximum absolute atomic E-state index is 5.54. The molecule has 84 valence electrons. The van der Waals surface area contributed by atoms with E-state index in [1.54, 1.807) is 6.20 Å². The number of nitrogens with one attached hydrogen (secondary N) is 1. The molecule has 0 saturated carbocycles. The van der Waals surface area contributed by atoms with Gasteiger partial charge in [-0.15, -0.1) is 0 Å². The fraction of sp³-hybridized carbons (Fsp3) is 0.600. The molecule has 0 aromatic carbocycles. The maximum Gasteiger partial charge on any atom is 0.221 e. The maximum atomic E-state index is 5.54. The van der Waals surface area contributed by atoms with Crippen LogP contribution in [0.3, 0.4) is 0 Å². The first kappa shape index (κ1) is 12.2. The molecule has 0 fully saturated rings. The van der Waals surface area contributed by atoms with Gasteiger partial charge < -0.3 is 11.1 Å². The Hall–Kier alpha value is -0.840. The van der Waals surface area contributed by atoms with Crippen LogP contribution in [0.5, 0.6) is 0 Å². The molecule has 1 heterocycles. The van der Waals surface area contributed by atoms with Crippen molar-refractivity contribution >= 4 is 27.7 Å². The standard InChI is InChI=1S/C10H17BrN4/c1-4-8(6(2)3)14-9-7(11)5-13-10(12)15-9/h5-6,8H,4H2,1-3H3,(H3,12,13,14,15). The van der Waals surface area contributed by atoms with Crippen molar-refractivity contribution in [2.45, 2.75) is 33.2 Å². The predicted octanol–water partition coefficient (Wildman–Crippen LogP) is 2.67. The Bertz CT molecular complexity index is 327. The minimum atomic E-state index is 0.291. The van der Waals surface area contributed by atoms with Crippen molar-refractivity contribution < 1.29 is 0 Å². The van der Waals surface area contributed by atoms with Gasteiger partial charge in [-0.2, -0.15) is 4.98 Å². The normalized spacial score (nSPS) is 12.9. The molecule has 0 amide bonds. The van der Waals surface area contributed by atoms with Gasteiger partial charge in [0.1, 0.15) is 5.82 Å². The van der Waals surface area contributed by atoms with E-state index in [2.05, 4.69) is 52.0 Å². The predicted molar refractivity (Wildman–Crippen MR) is 66.7 cm³/mol. The topological polar surface area (TPSA) is 63.8 Å². The lowest BCUT2D eigenvalue weighted by Gasteiger charge is -2.21. The van der Waals surface area contributed by atoms with Crippen LogP contribution in [0, 0.1) is 5.92 Å². The van der Waals surface area contributed by atoms with Gasteiger partial charge >= 0.3 is 0 Å². The summed E-state index contributed by atoms with van der Waals surface area (Å²) in [5.74, 6) is 1.61. The Labute approximate surface area is 98.8 Å². The minimum absolute atomic E-state index is 0.291. The summed E-state index contributed by atoms with van der Waals surface area (Å²) in [5, 5.41) is 3.36. The van der Waals surface area contributed by atoms with Gasteiger partial charge in [0.05, 0.1) is 4.47 Å². The summed E-state index contributed by atoms with van der Waals surface area (Å²) in [7, 11) is 0. The summed E-state index contributed by atoms with van der Waals surface area (Å²) in [4.78, 5) is 8.05. The highest BCUT2D eigenvalue weighted by Gasteiger charge is 2.13. The molecular formula is C10H17BrN4. The summed E-state index contributed by atoms with van der Waals surface area (Å²) in [6.45, 7) is 6.51. The molecule has 5 heteroatoms. The van der Waals surface area contributed by atoms with E-state index in [0.717, 1.165) is 16.7 Å². The number of nitrogens with zero attached hydrogens (tertiary/aromatic N) is 2. The molecule has 1 atom stereocenters. The van der Waals surface area contributed by atoms with Crippen molar-refractivity contribution in [2.24, 2.45) is 5.92 Å². The van der Waals surface area contributed by atoms with Crippen LogP contribution >= 0.6 is 15.9 Å². The largest absolute Gasteiger partial charge is 0.368 e. The average Bonchev–Trinajstić information content (AvgIpc) is 2.18. The average molecular weight is 273 g/mol. The van der Waals surface area contributed by atoms with Crippen molar-refractivity contribution in [1.29, 1.82) is 0 Å². The van der Waals surface area contributed by atoms with Crippen LogP contribution in [0.4, 0.5) is 11.8 Å². The fourth-order valence-corrected chi connectivity index (χ4v) is 1.70. The van der Waals surface area contributed by atoms with E-state index in [1.807, 2.05) is 0 Å². The highest BCUT2D eigenvalue weighted by atomic mass is 79.9. The van der Waals surface area contributed by atoms with Crippen LogP contribution in [-0.2, 0) is 0 Å². The molecule has 1 aromatic rings. The second-order valence-electron chi connectivity index (χ2n) is 3.83. The molecular weight excluding hydrogens is 256 g/mol. The highest BCUT2D eigenvalue weighted by Crippen LogP contribution is 2.22. The quantitative estimate of drug-likeness (QED) is 0.885. The van der Waals surface area contributed by atoms with Gasteiger partial charge in [-0.3, -0.25) is 0 Å². The lowest BCUT2D eigenvalue weighted by Crippen LogP contribution is -2.25. The van der Waals surface area contributed by atoms with Crippen LogP contribution in [0.2, 0.25) is 0 Å². The van der Waals surface area contributed by atoms with E-state index in [4.69, 9.17) is 5.73 Å². The van der Waals surface area contributed by atoms with E-state index >= 15 is 0 Å². The molecule has 1 unspecified atom stereocenters. The molecule has 1 aromatic heterocycles. The number of hydrogen-bond donors (Lipinski definition) is 2. The minimum Gasteiger partial charge on any atom is -0.368 e. The van der Waals surface area contributed by atoms with Gasteiger partial charge in [-0.25, -0.2) is 4.98 Å². The molecule has 15 heavy (non-hydrogen) atoms. The van der Waals surface area contributed by atoms with Gasteiger partial charge in [0, 0.05) is 12.2 Å². The Kier molecular flexibility index (Phi) is 4.32. The first-order valence-corrected chi connectivity index (χ1v) is 5.88. The Balaban J connectivity index is 2.82. The molecule has 0 radical (unpaired) electrons. The SMILES string of the molecule is CCC(Nc1nc(N)ncc1Br)C(C)C. The number of anilines is 2. The molecule has 0 aliphatic carbocycles. The number of aromatic nitrogens is 2. The molecule has 0 aliphatic rings. The zero-order valence-corrected chi connectivity index (χ0v) is 10.9. The lowest BCUT2D eigenvalue weighted by atomic mass is 10.0. The number of nitrogens with two attached hydrogens (primary N) is 1. The summed E-state index contributed by atoms with van der Waals surface area (Å²) in [6, 6.07) is 0.399. The zero-order chi connectivity index (χ0) is 11.4. The monoisotopic (exact) mass is 272 g/mol. The Morgan fingerprint density at radius 3 is 2.73 bits per heavy atom. The van der Waals surface area contributed by atoms with Crippen LogP contribution in [-0.4, -0.2) is 16.0 Å². The molecule has 0 aliphatic heterocycles. The fourth-order valence-electron chi connectivity index (χ4n) is 1.40. The second kappa shape index (κ2) is 5.30. The van der Waals surface area contributed by atoms with Crippen molar-refractivity contribution in [1.82, 2.24) is 9.97 Å². The molecule has 3 N–H and O–H groups in total. The third kappa shape index (κ3) is 3.34. The van der Waals surface area contributed by atoms with Gasteiger partial charge in [-0.05, 0) is 28.3 Å². The van der Waals surface area contributed by atoms with Crippen LogP contribution < -0.4 is 11.1 Å². The first-order valence-electron chi connectivity index (χ1n) is 5.09.